The van der Waals surface area contributed by atoms with Gasteiger partial charge in [-0.2, -0.15) is 0 Å². The van der Waals surface area contributed by atoms with Gasteiger partial charge in [0, 0.05) is 10.7 Å². The van der Waals surface area contributed by atoms with E-state index in [2.05, 4.69) is 5.32 Å². The first-order chi connectivity index (χ1) is 16.0. The van der Waals surface area contributed by atoms with E-state index in [0.29, 0.717) is 39.1 Å². The number of carbonyl (C=O) groups is 1. The molecule has 0 radical (unpaired) electrons. The van der Waals surface area contributed by atoms with Crippen molar-refractivity contribution in [3.05, 3.63) is 88.2 Å². The highest BCUT2D eigenvalue weighted by Gasteiger charge is 2.20. The fraction of sp³-hybridized carbons (Fsp3) is 0.160. The standard InChI is InChI=1S/C25H22ClN3O3S/c1-3-32-20-14-10-18(11-15-20)27-23(30)16(2)33-25-28-22-7-5-4-6-21(22)24(31)29(25)19-12-8-17(26)9-13-19/h4-16H,3H2,1-2H3,(H,27,30)/t16-/m1/s1. The van der Waals surface area contributed by atoms with E-state index >= 15 is 0 Å². The third kappa shape index (κ3) is 5.21. The van der Waals surface area contributed by atoms with Crippen molar-refractivity contribution in [1.29, 1.82) is 0 Å². The van der Waals surface area contributed by atoms with Crippen molar-refractivity contribution in [2.75, 3.05) is 11.9 Å². The first-order valence-electron chi connectivity index (χ1n) is 10.4. The summed E-state index contributed by atoms with van der Waals surface area (Å²) >= 11 is 7.25. The van der Waals surface area contributed by atoms with E-state index in [4.69, 9.17) is 21.3 Å². The van der Waals surface area contributed by atoms with Crippen molar-refractivity contribution < 1.29 is 9.53 Å². The summed E-state index contributed by atoms with van der Waals surface area (Å²) in [5.74, 6) is 0.541. The van der Waals surface area contributed by atoms with E-state index in [0.717, 1.165) is 5.75 Å². The molecule has 0 aliphatic rings. The lowest BCUT2D eigenvalue weighted by Gasteiger charge is -2.16. The number of para-hydroxylation sites is 1. The van der Waals surface area contributed by atoms with Crippen LogP contribution >= 0.6 is 23.4 Å². The van der Waals surface area contributed by atoms with Crippen molar-refractivity contribution >= 4 is 45.9 Å². The monoisotopic (exact) mass is 479 g/mol. The number of amides is 1. The quantitative estimate of drug-likeness (QED) is 0.277. The van der Waals surface area contributed by atoms with Crippen LogP contribution in [0.2, 0.25) is 5.02 Å². The molecule has 0 spiro atoms. The van der Waals surface area contributed by atoms with E-state index in [1.54, 1.807) is 73.7 Å². The number of anilines is 1. The third-order valence-corrected chi connectivity index (χ3v) is 6.22. The summed E-state index contributed by atoms with van der Waals surface area (Å²) in [6, 6.07) is 21.3. The Morgan fingerprint density at radius 1 is 1.09 bits per heavy atom. The minimum absolute atomic E-state index is 0.200. The summed E-state index contributed by atoms with van der Waals surface area (Å²) < 4.78 is 6.95. The molecule has 3 aromatic carbocycles. The molecule has 1 N–H and O–H groups in total. The Balaban J connectivity index is 1.64. The van der Waals surface area contributed by atoms with Gasteiger partial charge < -0.3 is 10.1 Å². The number of carbonyl (C=O) groups excluding carboxylic acids is 1. The lowest BCUT2D eigenvalue weighted by molar-refractivity contribution is -0.115. The molecule has 0 fully saturated rings. The number of aromatic nitrogens is 2. The average molecular weight is 480 g/mol. The van der Waals surface area contributed by atoms with E-state index < -0.39 is 5.25 Å². The number of thioether (sulfide) groups is 1. The highest BCUT2D eigenvalue weighted by molar-refractivity contribution is 8.00. The summed E-state index contributed by atoms with van der Waals surface area (Å²) in [7, 11) is 0. The third-order valence-electron chi connectivity index (χ3n) is 4.91. The van der Waals surface area contributed by atoms with E-state index in [9.17, 15) is 9.59 Å². The van der Waals surface area contributed by atoms with Crippen molar-refractivity contribution in [3.8, 4) is 11.4 Å². The van der Waals surface area contributed by atoms with Crippen molar-refractivity contribution in [1.82, 2.24) is 9.55 Å². The van der Waals surface area contributed by atoms with Gasteiger partial charge >= 0.3 is 0 Å². The predicted octanol–water partition coefficient (Wildman–Crippen LogP) is 5.56. The van der Waals surface area contributed by atoms with Crippen molar-refractivity contribution in [2.24, 2.45) is 0 Å². The van der Waals surface area contributed by atoms with Crippen LogP contribution in [-0.2, 0) is 4.79 Å². The Hall–Kier alpha value is -3.29. The van der Waals surface area contributed by atoms with Gasteiger partial charge in [-0.05, 0) is 74.5 Å². The molecule has 168 valence electrons. The summed E-state index contributed by atoms with van der Waals surface area (Å²) in [6.45, 7) is 4.27. The van der Waals surface area contributed by atoms with Gasteiger partial charge in [0.25, 0.3) is 5.56 Å². The second-order valence-electron chi connectivity index (χ2n) is 7.24. The van der Waals surface area contributed by atoms with Crippen LogP contribution in [0.25, 0.3) is 16.6 Å². The Labute approximate surface area is 200 Å². The van der Waals surface area contributed by atoms with Crippen LogP contribution in [0.1, 0.15) is 13.8 Å². The predicted molar refractivity (Wildman–Crippen MR) is 134 cm³/mol. The van der Waals surface area contributed by atoms with Gasteiger partial charge in [-0.15, -0.1) is 0 Å². The van der Waals surface area contributed by atoms with Crippen LogP contribution in [-0.4, -0.2) is 27.3 Å². The molecule has 0 bridgehead atoms. The Kier molecular flexibility index (Phi) is 7.01. The van der Waals surface area contributed by atoms with Crippen LogP contribution in [0.4, 0.5) is 5.69 Å². The van der Waals surface area contributed by atoms with Gasteiger partial charge in [-0.3, -0.25) is 14.2 Å². The highest BCUT2D eigenvalue weighted by atomic mass is 35.5. The van der Waals surface area contributed by atoms with Crippen LogP contribution in [0, 0.1) is 0 Å². The normalized spacial score (nSPS) is 11.8. The molecule has 0 aliphatic carbocycles. The Morgan fingerprint density at radius 2 is 1.79 bits per heavy atom. The van der Waals surface area contributed by atoms with Gasteiger partial charge in [-0.1, -0.05) is 35.5 Å². The SMILES string of the molecule is CCOc1ccc(NC(=O)[C@@H](C)Sc2nc3ccccc3c(=O)n2-c2ccc(Cl)cc2)cc1. The number of ether oxygens (including phenoxy) is 1. The molecular weight excluding hydrogens is 458 g/mol. The summed E-state index contributed by atoms with van der Waals surface area (Å²) in [5.41, 5.74) is 1.67. The smallest absolute Gasteiger partial charge is 0.266 e. The molecule has 1 atom stereocenters. The number of nitrogens with zero attached hydrogens (tertiary/aromatic N) is 2. The number of halogens is 1. The second kappa shape index (κ2) is 10.1. The van der Waals surface area contributed by atoms with Gasteiger partial charge in [0.05, 0.1) is 28.4 Å². The highest BCUT2D eigenvalue weighted by Crippen LogP contribution is 2.27. The van der Waals surface area contributed by atoms with Gasteiger partial charge in [0.2, 0.25) is 5.91 Å². The Bertz CT molecular complexity index is 1340. The molecular formula is C25H22ClN3O3S. The van der Waals surface area contributed by atoms with Gasteiger partial charge in [-0.25, -0.2) is 4.98 Å². The maximum absolute atomic E-state index is 13.3. The lowest BCUT2D eigenvalue weighted by atomic mass is 10.2. The topological polar surface area (TPSA) is 73.2 Å². The van der Waals surface area contributed by atoms with E-state index in [1.165, 1.54) is 16.3 Å². The number of fused-ring (bicyclic) bond motifs is 1. The molecule has 33 heavy (non-hydrogen) atoms. The van der Waals surface area contributed by atoms with Gasteiger partial charge in [0.1, 0.15) is 5.75 Å². The van der Waals surface area contributed by atoms with Crippen LogP contribution in [0.3, 0.4) is 0 Å². The second-order valence-corrected chi connectivity index (χ2v) is 8.98. The number of benzene rings is 3. The van der Waals surface area contributed by atoms with E-state index in [-0.39, 0.29) is 11.5 Å². The van der Waals surface area contributed by atoms with Gasteiger partial charge in [0.15, 0.2) is 5.16 Å². The average Bonchev–Trinajstić information content (AvgIpc) is 2.81. The minimum atomic E-state index is -0.511. The fourth-order valence-electron chi connectivity index (χ4n) is 3.27. The van der Waals surface area contributed by atoms with E-state index in [1.807, 2.05) is 13.0 Å². The van der Waals surface area contributed by atoms with Crippen molar-refractivity contribution in [3.63, 3.8) is 0 Å². The molecule has 0 saturated heterocycles. The summed E-state index contributed by atoms with van der Waals surface area (Å²) in [5, 5.41) is 3.89. The van der Waals surface area contributed by atoms with Crippen molar-refractivity contribution in [2.45, 2.75) is 24.3 Å². The molecule has 8 heteroatoms. The zero-order valence-corrected chi connectivity index (χ0v) is 19.7. The first-order valence-corrected chi connectivity index (χ1v) is 11.7. The zero-order chi connectivity index (χ0) is 23.4. The van der Waals surface area contributed by atoms with Crippen LogP contribution in [0.15, 0.2) is 82.7 Å². The molecule has 0 saturated carbocycles. The first kappa shape index (κ1) is 22.9. The molecule has 1 amide bonds. The van der Waals surface area contributed by atoms with Crippen LogP contribution < -0.4 is 15.6 Å². The summed E-state index contributed by atoms with van der Waals surface area (Å²) in [6.07, 6.45) is 0. The molecule has 4 aromatic rings. The number of hydrogen-bond acceptors (Lipinski definition) is 5. The number of nitrogens with one attached hydrogen (secondary N) is 1. The molecule has 0 unspecified atom stereocenters. The largest absolute Gasteiger partial charge is 0.494 e. The summed E-state index contributed by atoms with van der Waals surface area (Å²) in [4.78, 5) is 30.9. The Morgan fingerprint density at radius 3 is 2.48 bits per heavy atom. The molecule has 6 nitrogen and oxygen atoms in total. The molecule has 1 aromatic heterocycles. The molecule has 4 rings (SSSR count). The molecule has 0 aliphatic heterocycles. The van der Waals surface area contributed by atoms with Crippen LogP contribution in [0.5, 0.6) is 5.75 Å². The minimum Gasteiger partial charge on any atom is -0.494 e. The fourth-order valence-corrected chi connectivity index (χ4v) is 4.32. The number of rotatable bonds is 7. The zero-order valence-electron chi connectivity index (χ0n) is 18.1. The lowest BCUT2D eigenvalue weighted by Crippen LogP contribution is -2.26. The molecule has 1 heterocycles. The number of hydrogen-bond donors (Lipinski definition) is 1. The maximum atomic E-state index is 13.3. The maximum Gasteiger partial charge on any atom is 0.266 e.